The molecule has 0 aliphatic heterocycles. The van der Waals surface area contributed by atoms with Gasteiger partial charge in [-0.2, -0.15) is 0 Å². The van der Waals surface area contributed by atoms with Crippen LogP contribution in [0.1, 0.15) is 40.5 Å². The van der Waals surface area contributed by atoms with Crippen LogP contribution in [0.4, 0.5) is 0 Å². The summed E-state index contributed by atoms with van der Waals surface area (Å²) in [4.78, 5) is 31.4. The number of benzene rings is 2. The predicted octanol–water partition coefficient (Wildman–Crippen LogP) is 4.17. The fourth-order valence-corrected chi connectivity index (χ4v) is 3.38. The highest BCUT2D eigenvalue weighted by Gasteiger charge is 2.34. The van der Waals surface area contributed by atoms with Gasteiger partial charge in [0.1, 0.15) is 6.04 Å². The molecule has 1 aromatic heterocycles. The van der Waals surface area contributed by atoms with Gasteiger partial charge < -0.3 is 10.6 Å². The zero-order valence-electron chi connectivity index (χ0n) is 15.3. The van der Waals surface area contributed by atoms with E-state index in [1.807, 2.05) is 25.1 Å². The molecule has 3 rings (SSSR count). The molecule has 0 spiro atoms. The topological polar surface area (TPSA) is 76.3 Å². The van der Waals surface area contributed by atoms with Crippen LogP contribution in [-0.2, 0) is 4.79 Å². The average molecular weight is 394 g/mol. The van der Waals surface area contributed by atoms with E-state index in [0.717, 1.165) is 5.56 Å². The maximum Gasteiger partial charge on any atom is 0.255 e. The maximum atomic E-state index is 13.4. The van der Waals surface area contributed by atoms with Crippen molar-refractivity contribution in [1.82, 2.24) is 9.88 Å². The first kappa shape index (κ1) is 19.6. The highest BCUT2D eigenvalue weighted by atomic mass is 35.5. The second kappa shape index (κ2) is 8.67. The largest absolute Gasteiger partial charge is 0.368 e. The van der Waals surface area contributed by atoms with E-state index in [4.69, 9.17) is 17.3 Å². The summed E-state index contributed by atoms with van der Waals surface area (Å²) in [5.41, 5.74) is 7.62. The molecule has 0 aliphatic rings. The Morgan fingerprint density at radius 1 is 0.964 bits per heavy atom. The van der Waals surface area contributed by atoms with Gasteiger partial charge in [-0.25, -0.2) is 0 Å². The van der Waals surface area contributed by atoms with Gasteiger partial charge in [0.15, 0.2) is 0 Å². The molecule has 2 N–H and O–H groups in total. The fraction of sp³-hybridized carbons (Fsp3) is 0.136. The molecule has 5 nitrogen and oxygen atoms in total. The monoisotopic (exact) mass is 393 g/mol. The number of pyridine rings is 1. The number of hydrogen-bond donors (Lipinski definition) is 1. The minimum Gasteiger partial charge on any atom is -0.368 e. The highest BCUT2D eigenvalue weighted by Crippen LogP contribution is 2.33. The van der Waals surface area contributed by atoms with Gasteiger partial charge >= 0.3 is 0 Å². The molecule has 28 heavy (non-hydrogen) atoms. The molecule has 0 aliphatic carbocycles. The lowest BCUT2D eigenvalue weighted by atomic mass is 9.98. The lowest BCUT2D eigenvalue weighted by Crippen LogP contribution is -2.43. The Balaban J connectivity index is 2.12. The van der Waals surface area contributed by atoms with Crippen LogP contribution in [-0.4, -0.2) is 21.7 Å². The van der Waals surface area contributed by atoms with E-state index in [2.05, 4.69) is 4.98 Å². The third-order valence-electron chi connectivity index (χ3n) is 4.57. The van der Waals surface area contributed by atoms with Crippen molar-refractivity contribution in [2.75, 3.05) is 0 Å². The van der Waals surface area contributed by atoms with Crippen molar-refractivity contribution < 1.29 is 9.59 Å². The minimum absolute atomic E-state index is 0.298. The number of carbonyl (C=O) groups is 2. The molecule has 2 atom stereocenters. The molecule has 142 valence electrons. The number of hydrogen-bond acceptors (Lipinski definition) is 3. The number of aromatic nitrogens is 1. The standard InChI is InChI=1S/C22H20ClN3O2/c1-15(18-8-5-9-19(23)14-18)26(22(28)17-6-3-2-4-7-17)20(21(24)27)16-10-12-25-13-11-16/h2-15,20H,1H3,(H2,24,27)/t15-,20?/m1/s1. The van der Waals surface area contributed by atoms with E-state index in [1.165, 1.54) is 4.90 Å². The van der Waals surface area contributed by atoms with Crippen molar-refractivity contribution in [3.63, 3.8) is 0 Å². The van der Waals surface area contributed by atoms with E-state index < -0.39 is 18.0 Å². The van der Waals surface area contributed by atoms with Gasteiger partial charge in [0.2, 0.25) is 5.91 Å². The van der Waals surface area contributed by atoms with E-state index in [9.17, 15) is 9.59 Å². The number of carbonyl (C=O) groups excluding carboxylic acids is 2. The average Bonchev–Trinajstić information content (AvgIpc) is 2.72. The number of primary amides is 1. The summed E-state index contributed by atoms with van der Waals surface area (Å²) in [6.07, 6.45) is 3.14. The molecule has 2 amide bonds. The van der Waals surface area contributed by atoms with Crippen LogP contribution >= 0.6 is 11.6 Å². The van der Waals surface area contributed by atoms with Crippen molar-refractivity contribution in [1.29, 1.82) is 0 Å². The van der Waals surface area contributed by atoms with E-state index in [1.54, 1.807) is 60.9 Å². The quantitative estimate of drug-likeness (QED) is 0.683. The first-order valence-corrected chi connectivity index (χ1v) is 9.19. The summed E-state index contributed by atoms with van der Waals surface area (Å²) in [6.45, 7) is 1.85. The number of amides is 2. The summed E-state index contributed by atoms with van der Waals surface area (Å²) < 4.78 is 0. The molecule has 1 heterocycles. The maximum absolute atomic E-state index is 13.4. The highest BCUT2D eigenvalue weighted by molar-refractivity contribution is 6.30. The molecular formula is C22H20ClN3O2. The molecule has 1 unspecified atom stereocenters. The summed E-state index contributed by atoms with van der Waals surface area (Å²) in [7, 11) is 0. The van der Waals surface area contributed by atoms with Crippen molar-refractivity contribution in [3.8, 4) is 0 Å². The summed E-state index contributed by atoms with van der Waals surface area (Å²) in [5.74, 6) is -0.918. The van der Waals surface area contributed by atoms with Gasteiger partial charge in [0.25, 0.3) is 5.91 Å². The molecule has 3 aromatic rings. The number of nitrogens with two attached hydrogens (primary N) is 1. The Hall–Kier alpha value is -3.18. The normalized spacial score (nSPS) is 12.8. The van der Waals surface area contributed by atoms with Gasteiger partial charge in [-0.05, 0) is 54.4 Å². The number of nitrogens with zero attached hydrogens (tertiary/aromatic N) is 2. The summed E-state index contributed by atoms with van der Waals surface area (Å²) in [6, 6.07) is 18.0. The fourth-order valence-electron chi connectivity index (χ4n) is 3.18. The van der Waals surface area contributed by atoms with E-state index in [0.29, 0.717) is 16.1 Å². The van der Waals surface area contributed by atoms with Crippen molar-refractivity contribution >= 4 is 23.4 Å². The molecule has 0 bridgehead atoms. The first-order chi connectivity index (χ1) is 13.5. The first-order valence-electron chi connectivity index (χ1n) is 8.81. The zero-order valence-corrected chi connectivity index (χ0v) is 16.1. The van der Waals surface area contributed by atoms with Crippen LogP contribution in [0.25, 0.3) is 0 Å². The van der Waals surface area contributed by atoms with Crippen LogP contribution in [0.2, 0.25) is 5.02 Å². The lowest BCUT2D eigenvalue weighted by molar-refractivity contribution is -0.123. The van der Waals surface area contributed by atoms with Gasteiger partial charge in [0, 0.05) is 23.0 Å². The SMILES string of the molecule is C[C@H](c1cccc(Cl)c1)N(C(=O)c1ccccc1)C(C(N)=O)c1ccncc1. The van der Waals surface area contributed by atoms with Crippen LogP contribution in [0.15, 0.2) is 79.1 Å². The van der Waals surface area contributed by atoms with Crippen molar-refractivity contribution in [3.05, 3.63) is 101 Å². The van der Waals surface area contributed by atoms with Crippen LogP contribution in [0, 0.1) is 0 Å². The molecule has 6 heteroatoms. The predicted molar refractivity (Wildman–Crippen MR) is 109 cm³/mol. The Bertz CT molecular complexity index is 964. The number of rotatable bonds is 6. The summed E-state index contributed by atoms with van der Waals surface area (Å²) in [5, 5.41) is 0.552. The Labute approximate surface area is 168 Å². The molecule has 0 fully saturated rings. The molecule has 0 saturated carbocycles. The third-order valence-corrected chi connectivity index (χ3v) is 4.81. The lowest BCUT2D eigenvalue weighted by Gasteiger charge is -2.35. The van der Waals surface area contributed by atoms with Crippen molar-refractivity contribution in [2.45, 2.75) is 19.0 Å². The van der Waals surface area contributed by atoms with Crippen LogP contribution in [0.5, 0.6) is 0 Å². The van der Waals surface area contributed by atoms with Gasteiger partial charge in [0.05, 0.1) is 6.04 Å². The van der Waals surface area contributed by atoms with E-state index in [-0.39, 0.29) is 5.91 Å². The van der Waals surface area contributed by atoms with Crippen LogP contribution < -0.4 is 5.73 Å². The van der Waals surface area contributed by atoms with Gasteiger partial charge in [-0.3, -0.25) is 14.6 Å². The molecule has 0 saturated heterocycles. The van der Waals surface area contributed by atoms with E-state index >= 15 is 0 Å². The smallest absolute Gasteiger partial charge is 0.255 e. The van der Waals surface area contributed by atoms with Crippen molar-refractivity contribution in [2.24, 2.45) is 5.73 Å². The molecule has 2 aromatic carbocycles. The van der Waals surface area contributed by atoms with Gasteiger partial charge in [-0.1, -0.05) is 41.9 Å². The Kier molecular flexibility index (Phi) is 6.06. The Morgan fingerprint density at radius 3 is 2.25 bits per heavy atom. The van der Waals surface area contributed by atoms with Crippen LogP contribution in [0.3, 0.4) is 0 Å². The number of halogens is 1. The zero-order chi connectivity index (χ0) is 20.1. The molecular weight excluding hydrogens is 374 g/mol. The minimum atomic E-state index is -0.954. The van der Waals surface area contributed by atoms with Gasteiger partial charge in [-0.15, -0.1) is 0 Å². The Morgan fingerprint density at radius 2 is 1.64 bits per heavy atom. The second-order valence-corrected chi connectivity index (χ2v) is 6.83. The third kappa shape index (κ3) is 4.21. The summed E-state index contributed by atoms with van der Waals surface area (Å²) >= 11 is 6.15. The second-order valence-electron chi connectivity index (χ2n) is 6.39. The molecule has 0 radical (unpaired) electrons.